The third-order valence-electron chi connectivity index (χ3n) is 5.05. The molecule has 4 rings (SSSR count). The van der Waals surface area contributed by atoms with Crippen LogP contribution in [0, 0.1) is 0 Å². The largest absolute Gasteiger partial charge is 0.497 e. The second-order valence-corrected chi connectivity index (χ2v) is 8.72. The van der Waals surface area contributed by atoms with Crippen molar-refractivity contribution in [3.8, 4) is 5.75 Å². The van der Waals surface area contributed by atoms with E-state index in [-0.39, 0.29) is 6.54 Å². The Kier molecular flexibility index (Phi) is 5.05. The Hall–Kier alpha value is -2.86. The molecule has 3 aromatic rings. The number of benzene rings is 2. The van der Waals surface area contributed by atoms with E-state index in [1.165, 1.54) is 9.87 Å². The van der Waals surface area contributed by atoms with Crippen LogP contribution >= 0.6 is 0 Å². The predicted molar refractivity (Wildman–Crippen MR) is 109 cm³/mol. The summed E-state index contributed by atoms with van der Waals surface area (Å²) in [6, 6.07) is 16.3. The zero-order valence-electron chi connectivity index (χ0n) is 15.7. The summed E-state index contributed by atoms with van der Waals surface area (Å²) >= 11 is 0. The molecule has 2 aromatic carbocycles. The van der Waals surface area contributed by atoms with E-state index < -0.39 is 10.0 Å². The lowest BCUT2D eigenvalue weighted by molar-refractivity contribution is 0.415. The lowest BCUT2D eigenvalue weighted by Gasteiger charge is -2.25. The molecule has 0 aliphatic heterocycles. The zero-order chi connectivity index (χ0) is 19.6. The molecule has 5 nitrogen and oxygen atoms in total. The molecule has 0 spiro atoms. The van der Waals surface area contributed by atoms with Gasteiger partial charge in [0, 0.05) is 18.5 Å². The van der Waals surface area contributed by atoms with Crippen molar-refractivity contribution in [1.29, 1.82) is 0 Å². The number of aromatic nitrogens is 1. The molecule has 1 aliphatic carbocycles. The van der Waals surface area contributed by atoms with E-state index in [4.69, 9.17) is 4.74 Å². The first-order valence-corrected chi connectivity index (χ1v) is 10.7. The van der Waals surface area contributed by atoms with Crippen LogP contribution in [-0.4, -0.2) is 20.5 Å². The van der Waals surface area contributed by atoms with Gasteiger partial charge in [-0.3, -0.25) is 9.29 Å². The van der Waals surface area contributed by atoms with E-state index in [9.17, 15) is 8.42 Å². The number of hydrogen-bond donors (Lipinski definition) is 0. The van der Waals surface area contributed by atoms with E-state index in [1.54, 1.807) is 55.9 Å². The highest BCUT2D eigenvalue weighted by Crippen LogP contribution is 2.31. The van der Waals surface area contributed by atoms with Gasteiger partial charge in [-0.05, 0) is 66.3 Å². The summed E-state index contributed by atoms with van der Waals surface area (Å²) in [7, 11) is -2.18. The molecule has 0 fully saturated rings. The fourth-order valence-corrected chi connectivity index (χ4v) is 5.07. The molecule has 0 saturated heterocycles. The van der Waals surface area contributed by atoms with Crippen molar-refractivity contribution >= 4 is 15.7 Å². The summed E-state index contributed by atoms with van der Waals surface area (Å²) in [6.07, 6.45) is 6.39. The van der Waals surface area contributed by atoms with Crippen molar-refractivity contribution in [3.63, 3.8) is 0 Å². The van der Waals surface area contributed by atoms with E-state index in [0.29, 0.717) is 16.3 Å². The summed E-state index contributed by atoms with van der Waals surface area (Å²) in [5.41, 5.74) is 3.76. The average Bonchev–Trinajstić information content (AvgIpc) is 3.20. The molecule has 0 radical (unpaired) electrons. The van der Waals surface area contributed by atoms with E-state index in [2.05, 4.69) is 4.98 Å². The normalized spacial score (nSPS) is 13.2. The number of ether oxygens (including phenoxy) is 1. The molecule has 0 amide bonds. The van der Waals surface area contributed by atoms with Crippen LogP contribution in [-0.2, 0) is 29.4 Å². The minimum atomic E-state index is -3.75. The van der Waals surface area contributed by atoms with Crippen LogP contribution in [0.5, 0.6) is 5.75 Å². The van der Waals surface area contributed by atoms with Gasteiger partial charge >= 0.3 is 0 Å². The van der Waals surface area contributed by atoms with Crippen molar-refractivity contribution in [2.45, 2.75) is 30.7 Å². The summed E-state index contributed by atoms with van der Waals surface area (Å²) in [5, 5.41) is 0. The van der Waals surface area contributed by atoms with Crippen LogP contribution in [0.3, 0.4) is 0 Å². The second kappa shape index (κ2) is 7.64. The van der Waals surface area contributed by atoms with Gasteiger partial charge < -0.3 is 4.74 Å². The highest BCUT2D eigenvalue weighted by atomic mass is 32.2. The number of anilines is 1. The molecule has 0 atom stereocenters. The van der Waals surface area contributed by atoms with Crippen LogP contribution in [0.4, 0.5) is 5.69 Å². The van der Waals surface area contributed by atoms with Gasteiger partial charge in [-0.25, -0.2) is 8.42 Å². The monoisotopic (exact) mass is 394 g/mol. The Labute approximate surface area is 165 Å². The van der Waals surface area contributed by atoms with Gasteiger partial charge in [0.1, 0.15) is 5.75 Å². The SMILES string of the molecule is COc1cccc(N(Cc2cccnc2)S(=O)(=O)c2ccc3c(c2)CCC3)c1. The van der Waals surface area contributed by atoms with Crippen LogP contribution in [0.2, 0.25) is 0 Å². The van der Waals surface area contributed by atoms with Gasteiger partial charge in [0.25, 0.3) is 10.0 Å². The molecule has 144 valence electrons. The zero-order valence-corrected chi connectivity index (χ0v) is 16.5. The molecule has 6 heteroatoms. The maximum Gasteiger partial charge on any atom is 0.264 e. The molecule has 0 saturated carbocycles. The Morgan fingerprint density at radius 3 is 2.68 bits per heavy atom. The molecule has 1 aromatic heterocycles. The van der Waals surface area contributed by atoms with Crippen molar-refractivity contribution in [2.24, 2.45) is 0 Å². The first kappa shape index (κ1) is 18.5. The van der Waals surface area contributed by atoms with Gasteiger partial charge in [-0.2, -0.15) is 0 Å². The summed E-state index contributed by atoms with van der Waals surface area (Å²) < 4.78 is 33.9. The first-order chi connectivity index (χ1) is 13.6. The maximum atomic E-state index is 13.6. The molecule has 0 N–H and O–H groups in total. The number of pyridine rings is 1. The van der Waals surface area contributed by atoms with Gasteiger partial charge in [-0.1, -0.05) is 18.2 Å². The van der Waals surface area contributed by atoms with E-state index in [0.717, 1.165) is 30.4 Å². The molecular formula is C22H22N2O3S. The maximum absolute atomic E-state index is 13.6. The van der Waals surface area contributed by atoms with Gasteiger partial charge in [0.05, 0.1) is 24.2 Å². The quantitative estimate of drug-likeness (QED) is 0.635. The van der Waals surface area contributed by atoms with Crippen LogP contribution in [0.25, 0.3) is 0 Å². The molecule has 28 heavy (non-hydrogen) atoms. The molecule has 1 heterocycles. The number of aryl methyl sites for hydroxylation is 2. The van der Waals surface area contributed by atoms with E-state index >= 15 is 0 Å². The third kappa shape index (κ3) is 3.60. The van der Waals surface area contributed by atoms with Crippen LogP contribution < -0.4 is 9.04 Å². The van der Waals surface area contributed by atoms with Crippen LogP contribution in [0.1, 0.15) is 23.1 Å². The minimum Gasteiger partial charge on any atom is -0.497 e. The van der Waals surface area contributed by atoms with Crippen LogP contribution in [0.15, 0.2) is 71.9 Å². The van der Waals surface area contributed by atoms with Crippen molar-refractivity contribution < 1.29 is 13.2 Å². The Morgan fingerprint density at radius 2 is 1.89 bits per heavy atom. The molecular weight excluding hydrogens is 372 g/mol. The highest BCUT2D eigenvalue weighted by molar-refractivity contribution is 7.92. The van der Waals surface area contributed by atoms with Crippen molar-refractivity contribution in [3.05, 3.63) is 83.7 Å². The smallest absolute Gasteiger partial charge is 0.264 e. The summed E-state index contributed by atoms with van der Waals surface area (Å²) in [4.78, 5) is 4.44. The number of hydrogen-bond acceptors (Lipinski definition) is 4. The second-order valence-electron chi connectivity index (χ2n) is 6.86. The Morgan fingerprint density at radius 1 is 1.04 bits per heavy atom. The highest BCUT2D eigenvalue weighted by Gasteiger charge is 2.27. The lowest BCUT2D eigenvalue weighted by atomic mass is 10.1. The van der Waals surface area contributed by atoms with Gasteiger partial charge in [0.15, 0.2) is 0 Å². The Bertz CT molecular complexity index is 1080. The van der Waals surface area contributed by atoms with Crippen molar-refractivity contribution in [1.82, 2.24) is 4.98 Å². The van der Waals surface area contributed by atoms with Gasteiger partial charge in [0.2, 0.25) is 0 Å². The van der Waals surface area contributed by atoms with Gasteiger partial charge in [-0.15, -0.1) is 0 Å². The fraction of sp³-hybridized carbons (Fsp3) is 0.227. The summed E-state index contributed by atoms with van der Waals surface area (Å²) in [5.74, 6) is 0.609. The number of methoxy groups -OCH3 is 1. The molecule has 0 bridgehead atoms. The predicted octanol–water partition coefficient (Wildman–Crippen LogP) is 3.97. The fourth-order valence-electron chi connectivity index (χ4n) is 3.57. The summed E-state index contributed by atoms with van der Waals surface area (Å²) in [6.45, 7) is 0.195. The Balaban J connectivity index is 1.79. The topological polar surface area (TPSA) is 59.5 Å². The number of sulfonamides is 1. The number of nitrogens with zero attached hydrogens (tertiary/aromatic N) is 2. The first-order valence-electron chi connectivity index (χ1n) is 9.25. The lowest BCUT2D eigenvalue weighted by Crippen LogP contribution is -2.30. The standard InChI is InChI=1S/C22H22N2O3S/c1-27-21-9-3-8-20(14-21)24(16-17-5-4-12-23-15-17)28(25,26)22-11-10-18-6-2-7-19(18)13-22/h3-5,8-15H,2,6-7,16H2,1H3. The average molecular weight is 394 g/mol. The van der Waals surface area contributed by atoms with E-state index in [1.807, 2.05) is 18.2 Å². The minimum absolute atomic E-state index is 0.195. The number of rotatable bonds is 6. The van der Waals surface area contributed by atoms with Crippen molar-refractivity contribution in [2.75, 3.05) is 11.4 Å². The molecule has 0 unspecified atom stereocenters. The number of fused-ring (bicyclic) bond motifs is 1. The molecule has 1 aliphatic rings. The third-order valence-corrected chi connectivity index (χ3v) is 6.82.